The summed E-state index contributed by atoms with van der Waals surface area (Å²) in [5.41, 5.74) is 5.36. The first-order valence-electron chi connectivity index (χ1n) is 9.25. The van der Waals surface area contributed by atoms with Gasteiger partial charge in [-0.2, -0.15) is 0 Å². The summed E-state index contributed by atoms with van der Waals surface area (Å²) in [5.74, 6) is 0.730. The van der Waals surface area contributed by atoms with E-state index in [1.807, 2.05) is 13.0 Å². The van der Waals surface area contributed by atoms with Crippen molar-refractivity contribution in [1.82, 2.24) is 15.1 Å². The number of fused-ring (bicyclic) bond motifs is 2. The third-order valence-corrected chi connectivity index (χ3v) is 6.53. The lowest BCUT2D eigenvalue weighted by Gasteiger charge is -2.29. The highest BCUT2D eigenvalue weighted by atomic mass is 32.1. The van der Waals surface area contributed by atoms with Crippen LogP contribution in [-0.2, 0) is 0 Å². The van der Waals surface area contributed by atoms with E-state index in [2.05, 4.69) is 33.6 Å². The van der Waals surface area contributed by atoms with Crippen LogP contribution in [-0.4, -0.2) is 40.3 Å². The van der Waals surface area contributed by atoms with Crippen molar-refractivity contribution in [3.8, 4) is 17.0 Å². The van der Waals surface area contributed by atoms with Crippen LogP contribution in [0.4, 0.5) is 0 Å². The van der Waals surface area contributed by atoms with Gasteiger partial charge in [0.15, 0.2) is 0 Å². The van der Waals surface area contributed by atoms with Crippen LogP contribution in [0.3, 0.4) is 0 Å². The minimum absolute atomic E-state index is 0.207. The molecular weight excluding hydrogens is 358 g/mol. The van der Waals surface area contributed by atoms with Crippen molar-refractivity contribution in [2.45, 2.75) is 25.7 Å². The molecule has 1 saturated heterocycles. The third kappa shape index (κ3) is 2.71. The molecule has 0 amide bonds. The first-order chi connectivity index (χ1) is 13.1. The summed E-state index contributed by atoms with van der Waals surface area (Å²) in [6.45, 7) is 4.20. The van der Waals surface area contributed by atoms with Gasteiger partial charge in [-0.05, 0) is 74.0 Å². The summed E-state index contributed by atoms with van der Waals surface area (Å²) in [6.07, 6.45) is 4.02. The van der Waals surface area contributed by atoms with Crippen LogP contribution in [0.1, 0.15) is 29.9 Å². The van der Waals surface area contributed by atoms with Crippen LogP contribution >= 0.6 is 11.3 Å². The van der Waals surface area contributed by atoms with Crippen molar-refractivity contribution >= 4 is 32.5 Å². The van der Waals surface area contributed by atoms with Crippen LogP contribution in [0.2, 0.25) is 0 Å². The summed E-state index contributed by atoms with van der Waals surface area (Å²) >= 11 is 1.71. The molecule has 6 heteroatoms. The molecule has 1 fully saturated rings. The Kier molecular flexibility index (Phi) is 3.91. The predicted octanol–water partition coefficient (Wildman–Crippen LogP) is 4.93. The maximum Gasteiger partial charge on any atom is 0.137 e. The average molecular weight is 379 g/mol. The highest BCUT2D eigenvalue weighted by molar-refractivity contribution is 7.17. The van der Waals surface area contributed by atoms with Crippen molar-refractivity contribution in [1.29, 1.82) is 0 Å². The van der Waals surface area contributed by atoms with E-state index in [9.17, 15) is 5.11 Å². The summed E-state index contributed by atoms with van der Waals surface area (Å²) < 4.78 is 6.54. The van der Waals surface area contributed by atoms with Crippen molar-refractivity contribution in [3.05, 3.63) is 41.0 Å². The van der Waals surface area contributed by atoms with Gasteiger partial charge in [0.05, 0.1) is 22.0 Å². The number of rotatable bonds is 2. The molecule has 1 unspecified atom stereocenters. The van der Waals surface area contributed by atoms with Gasteiger partial charge in [-0.1, -0.05) is 0 Å². The fraction of sp³-hybridized carbons (Fsp3) is 0.333. The number of nitrogens with zero attached hydrogens (tertiary/aromatic N) is 3. The number of piperidine rings is 1. The van der Waals surface area contributed by atoms with Gasteiger partial charge in [-0.25, -0.2) is 0 Å². The molecule has 0 bridgehead atoms. The maximum atomic E-state index is 10.8. The van der Waals surface area contributed by atoms with E-state index >= 15 is 0 Å². The number of furan rings is 1. The van der Waals surface area contributed by atoms with Crippen LogP contribution < -0.4 is 0 Å². The molecule has 1 aliphatic heterocycles. The minimum atomic E-state index is 0.207. The molecule has 0 radical (unpaired) electrons. The van der Waals surface area contributed by atoms with Gasteiger partial charge >= 0.3 is 0 Å². The van der Waals surface area contributed by atoms with Gasteiger partial charge in [0.25, 0.3) is 0 Å². The second kappa shape index (κ2) is 6.32. The van der Waals surface area contributed by atoms with Gasteiger partial charge in [0.2, 0.25) is 0 Å². The Balaban J connectivity index is 1.60. The molecule has 5 nitrogen and oxygen atoms in total. The van der Waals surface area contributed by atoms with Crippen LogP contribution in [0, 0.1) is 6.92 Å². The number of aryl methyl sites for hydroxylation is 1. The Morgan fingerprint density at radius 1 is 1.30 bits per heavy atom. The van der Waals surface area contributed by atoms with E-state index in [1.54, 1.807) is 23.7 Å². The topological polar surface area (TPSA) is 62.4 Å². The summed E-state index contributed by atoms with van der Waals surface area (Å²) in [4.78, 5) is 2.39. The molecule has 4 heterocycles. The molecule has 3 aromatic heterocycles. The predicted molar refractivity (Wildman–Crippen MR) is 108 cm³/mol. The van der Waals surface area contributed by atoms with Gasteiger partial charge in [-0.3, -0.25) is 0 Å². The molecule has 1 aromatic carbocycles. The number of phenolic OH excluding ortho intramolecular Hbond substituents is 1. The zero-order chi connectivity index (χ0) is 18.5. The summed E-state index contributed by atoms with van der Waals surface area (Å²) in [5, 5.41) is 22.8. The quantitative estimate of drug-likeness (QED) is 0.535. The second-order valence-corrected chi connectivity index (χ2v) is 8.40. The minimum Gasteiger partial charge on any atom is -0.506 e. The van der Waals surface area contributed by atoms with E-state index in [1.165, 1.54) is 24.9 Å². The van der Waals surface area contributed by atoms with Gasteiger partial charge < -0.3 is 14.4 Å². The van der Waals surface area contributed by atoms with Crippen LogP contribution in [0.5, 0.6) is 5.75 Å². The van der Waals surface area contributed by atoms with E-state index < -0.39 is 0 Å². The average Bonchev–Trinajstić information content (AvgIpc) is 3.28. The fourth-order valence-corrected chi connectivity index (χ4v) is 5.23. The van der Waals surface area contributed by atoms with E-state index in [-0.39, 0.29) is 5.75 Å². The number of hydrogen-bond donors (Lipinski definition) is 1. The Morgan fingerprint density at radius 3 is 3.04 bits per heavy atom. The SMILES string of the molecule is Cc1cc2occc2c(O)c1-c1cc2scc(C3CCCN(C)C3)c2nn1. The van der Waals surface area contributed by atoms with E-state index in [0.717, 1.165) is 27.9 Å². The highest BCUT2D eigenvalue weighted by Crippen LogP contribution is 2.40. The largest absolute Gasteiger partial charge is 0.506 e. The van der Waals surface area contributed by atoms with E-state index in [0.29, 0.717) is 22.6 Å². The third-order valence-electron chi connectivity index (χ3n) is 5.59. The molecule has 27 heavy (non-hydrogen) atoms. The standard InChI is InChI=1S/C21H21N3O2S/c1-12-8-17-14(5-7-26-17)21(25)19(12)16-9-18-20(23-22-16)15(11-27-18)13-4-3-6-24(2)10-13/h5,7-9,11,13,25H,3-4,6,10H2,1-2H3. The lowest BCUT2D eigenvalue weighted by molar-refractivity contribution is 0.251. The lowest BCUT2D eigenvalue weighted by Crippen LogP contribution is -2.30. The number of thiophene rings is 1. The van der Waals surface area contributed by atoms with Gasteiger partial charge in [0, 0.05) is 12.1 Å². The number of phenols is 1. The molecule has 0 aliphatic carbocycles. The summed E-state index contributed by atoms with van der Waals surface area (Å²) in [7, 11) is 2.18. The zero-order valence-electron chi connectivity index (χ0n) is 15.4. The molecule has 1 N–H and O–H groups in total. The van der Waals surface area contributed by atoms with Crippen LogP contribution in [0.15, 0.2) is 34.3 Å². The highest BCUT2D eigenvalue weighted by Gasteiger charge is 2.23. The van der Waals surface area contributed by atoms with Crippen molar-refractivity contribution in [3.63, 3.8) is 0 Å². The Bertz CT molecular complexity index is 1150. The molecule has 4 aromatic rings. The van der Waals surface area contributed by atoms with Gasteiger partial charge in [-0.15, -0.1) is 21.5 Å². The normalized spacial score (nSPS) is 18.5. The monoisotopic (exact) mass is 379 g/mol. The molecular formula is C21H21N3O2S. The maximum absolute atomic E-state index is 10.8. The molecule has 0 saturated carbocycles. The fourth-order valence-electron chi connectivity index (χ4n) is 4.22. The number of aromatic nitrogens is 2. The molecule has 138 valence electrons. The second-order valence-electron chi connectivity index (χ2n) is 7.48. The molecule has 1 atom stereocenters. The Morgan fingerprint density at radius 2 is 2.19 bits per heavy atom. The van der Waals surface area contributed by atoms with Crippen molar-refractivity contribution < 1.29 is 9.52 Å². The number of aromatic hydroxyl groups is 1. The Labute approximate surface area is 161 Å². The lowest BCUT2D eigenvalue weighted by atomic mass is 9.92. The van der Waals surface area contributed by atoms with Crippen LogP contribution in [0.25, 0.3) is 32.4 Å². The molecule has 1 aliphatic rings. The summed E-state index contributed by atoms with van der Waals surface area (Å²) in [6, 6.07) is 5.77. The smallest absolute Gasteiger partial charge is 0.137 e. The van der Waals surface area contributed by atoms with Crippen molar-refractivity contribution in [2.24, 2.45) is 0 Å². The van der Waals surface area contributed by atoms with Gasteiger partial charge in [0.1, 0.15) is 16.8 Å². The first-order valence-corrected chi connectivity index (χ1v) is 10.1. The number of likely N-dealkylation sites (N-methyl/N-ethyl adjacent to an activating group) is 1. The first kappa shape index (κ1) is 16.7. The number of likely N-dealkylation sites (tertiary alicyclic amines) is 1. The van der Waals surface area contributed by atoms with E-state index in [4.69, 9.17) is 4.42 Å². The number of benzene rings is 1. The van der Waals surface area contributed by atoms with Crippen molar-refractivity contribution in [2.75, 3.05) is 20.1 Å². The molecule has 5 rings (SSSR count). The Hall–Kier alpha value is -2.44. The number of hydrogen-bond acceptors (Lipinski definition) is 6. The molecule has 0 spiro atoms. The zero-order valence-corrected chi connectivity index (χ0v) is 16.2.